The van der Waals surface area contributed by atoms with Gasteiger partial charge in [-0.05, 0) is 38.1 Å². The zero-order valence-corrected chi connectivity index (χ0v) is 17.5. The Balaban J connectivity index is 1.82. The number of piperazine rings is 1. The molecule has 1 unspecified atom stereocenters. The molecule has 0 aliphatic carbocycles. The van der Waals surface area contributed by atoms with E-state index in [2.05, 4.69) is 27.5 Å². The lowest BCUT2D eigenvalue weighted by Crippen LogP contribution is -2.50. The minimum absolute atomic E-state index is 0.0173. The highest BCUT2D eigenvalue weighted by Crippen LogP contribution is 2.17. The molecule has 1 aromatic rings. The van der Waals surface area contributed by atoms with E-state index in [1.165, 1.54) is 7.11 Å². The fraction of sp³-hybridized carbons (Fsp3) is 0.619. The van der Waals surface area contributed by atoms with E-state index in [0.717, 1.165) is 39.1 Å². The lowest BCUT2D eigenvalue weighted by Gasteiger charge is -2.32. The minimum atomic E-state index is -0.582. The van der Waals surface area contributed by atoms with Gasteiger partial charge in [0.2, 0.25) is 5.91 Å². The van der Waals surface area contributed by atoms with Crippen molar-refractivity contribution in [1.82, 2.24) is 20.4 Å². The molecule has 0 radical (unpaired) electrons. The van der Waals surface area contributed by atoms with Crippen molar-refractivity contribution in [3.05, 3.63) is 29.8 Å². The lowest BCUT2D eigenvalue weighted by atomic mass is 10.0. The van der Waals surface area contributed by atoms with Crippen molar-refractivity contribution in [2.45, 2.75) is 26.3 Å². The average molecular weight is 391 g/mol. The van der Waals surface area contributed by atoms with Crippen molar-refractivity contribution < 1.29 is 14.3 Å². The first-order valence-electron chi connectivity index (χ1n) is 10.0. The number of ether oxygens (including phenoxy) is 1. The summed E-state index contributed by atoms with van der Waals surface area (Å²) in [5.41, 5.74) is 0.429. The molecule has 0 aromatic heterocycles. The summed E-state index contributed by atoms with van der Waals surface area (Å²) >= 11 is 0. The van der Waals surface area contributed by atoms with Crippen LogP contribution in [-0.4, -0.2) is 81.1 Å². The van der Waals surface area contributed by atoms with E-state index in [1.54, 1.807) is 18.2 Å². The van der Waals surface area contributed by atoms with E-state index in [1.807, 2.05) is 19.9 Å². The normalized spacial score (nSPS) is 16.6. The van der Waals surface area contributed by atoms with Crippen LogP contribution in [0, 0.1) is 5.92 Å². The molecule has 1 aliphatic heterocycles. The zero-order valence-electron chi connectivity index (χ0n) is 17.5. The van der Waals surface area contributed by atoms with Gasteiger partial charge >= 0.3 is 0 Å². The van der Waals surface area contributed by atoms with Gasteiger partial charge in [0.1, 0.15) is 11.8 Å². The fourth-order valence-corrected chi connectivity index (χ4v) is 3.28. The molecule has 1 aromatic carbocycles. The number of hydrogen-bond donors (Lipinski definition) is 2. The van der Waals surface area contributed by atoms with Crippen LogP contribution < -0.4 is 15.4 Å². The molecule has 1 aliphatic rings. The van der Waals surface area contributed by atoms with Crippen LogP contribution in [0.1, 0.15) is 30.6 Å². The van der Waals surface area contributed by atoms with Gasteiger partial charge in [0.15, 0.2) is 0 Å². The third-order valence-corrected chi connectivity index (χ3v) is 5.13. The first-order valence-corrected chi connectivity index (χ1v) is 10.0. The van der Waals surface area contributed by atoms with Gasteiger partial charge in [-0.1, -0.05) is 26.0 Å². The summed E-state index contributed by atoms with van der Waals surface area (Å²) in [6.07, 6.45) is 0.903. The van der Waals surface area contributed by atoms with Crippen molar-refractivity contribution in [2.75, 3.05) is 53.4 Å². The molecule has 0 bridgehead atoms. The van der Waals surface area contributed by atoms with Gasteiger partial charge in [0.05, 0.1) is 12.7 Å². The Morgan fingerprint density at radius 3 is 2.46 bits per heavy atom. The van der Waals surface area contributed by atoms with Crippen LogP contribution in [0.5, 0.6) is 5.75 Å². The van der Waals surface area contributed by atoms with E-state index in [-0.39, 0.29) is 17.7 Å². The molecule has 7 heteroatoms. The highest BCUT2D eigenvalue weighted by molar-refractivity contribution is 5.99. The van der Waals surface area contributed by atoms with Crippen molar-refractivity contribution >= 4 is 11.8 Å². The summed E-state index contributed by atoms with van der Waals surface area (Å²) in [7, 11) is 3.67. The van der Waals surface area contributed by atoms with Crippen LogP contribution in [0.15, 0.2) is 24.3 Å². The third kappa shape index (κ3) is 6.49. The Morgan fingerprint density at radius 2 is 1.82 bits per heavy atom. The van der Waals surface area contributed by atoms with E-state index in [0.29, 0.717) is 17.9 Å². The topological polar surface area (TPSA) is 73.9 Å². The second-order valence-corrected chi connectivity index (χ2v) is 7.68. The number of carbonyl (C=O) groups excluding carboxylic acids is 2. The number of benzene rings is 1. The molecular formula is C21H34N4O3. The van der Waals surface area contributed by atoms with Crippen LogP contribution in [0.25, 0.3) is 0 Å². The molecule has 1 heterocycles. The van der Waals surface area contributed by atoms with Gasteiger partial charge in [-0.2, -0.15) is 0 Å². The number of carbonyl (C=O) groups is 2. The molecule has 1 saturated heterocycles. The Labute approximate surface area is 168 Å². The zero-order chi connectivity index (χ0) is 20.5. The maximum Gasteiger partial charge on any atom is 0.255 e. The first-order chi connectivity index (χ1) is 13.4. The van der Waals surface area contributed by atoms with Gasteiger partial charge in [-0.3, -0.25) is 9.59 Å². The standard InChI is InChI=1S/C21H34N4O3/c1-16(2)19(23-20(26)17-8-5-6-9-18(17)28-4)21(27)22-10-7-11-25-14-12-24(3)13-15-25/h5-6,8-9,16,19H,7,10-15H2,1-4H3,(H,22,27)(H,23,26). The van der Waals surface area contributed by atoms with Crippen LogP contribution in [0.4, 0.5) is 0 Å². The smallest absolute Gasteiger partial charge is 0.255 e. The molecule has 0 saturated carbocycles. The van der Waals surface area contributed by atoms with E-state index in [4.69, 9.17) is 4.74 Å². The summed E-state index contributed by atoms with van der Waals surface area (Å²) in [6, 6.07) is 6.43. The Morgan fingerprint density at radius 1 is 1.14 bits per heavy atom. The summed E-state index contributed by atoms with van der Waals surface area (Å²) in [4.78, 5) is 30.0. The van der Waals surface area contributed by atoms with E-state index < -0.39 is 6.04 Å². The number of hydrogen-bond acceptors (Lipinski definition) is 5. The molecule has 2 N–H and O–H groups in total. The largest absolute Gasteiger partial charge is 0.496 e. The molecular weight excluding hydrogens is 356 g/mol. The average Bonchev–Trinajstić information content (AvgIpc) is 2.70. The van der Waals surface area contributed by atoms with Crippen molar-refractivity contribution in [1.29, 1.82) is 0 Å². The molecule has 1 fully saturated rings. The highest BCUT2D eigenvalue weighted by atomic mass is 16.5. The van der Waals surface area contributed by atoms with Gasteiger partial charge in [-0.25, -0.2) is 0 Å². The SMILES string of the molecule is COc1ccccc1C(=O)NC(C(=O)NCCCN1CCN(C)CC1)C(C)C. The third-order valence-electron chi connectivity index (χ3n) is 5.13. The maximum atomic E-state index is 12.6. The van der Waals surface area contributed by atoms with Crippen molar-refractivity contribution in [3.63, 3.8) is 0 Å². The summed E-state index contributed by atoms with van der Waals surface area (Å²) in [5.74, 6) is 0.0340. The van der Waals surface area contributed by atoms with Crippen molar-refractivity contribution in [2.24, 2.45) is 5.92 Å². The predicted molar refractivity (Wildman–Crippen MR) is 111 cm³/mol. The monoisotopic (exact) mass is 390 g/mol. The molecule has 7 nitrogen and oxygen atoms in total. The van der Waals surface area contributed by atoms with Gasteiger partial charge in [0.25, 0.3) is 5.91 Å². The number of rotatable bonds is 9. The number of para-hydroxylation sites is 1. The maximum absolute atomic E-state index is 12.6. The molecule has 28 heavy (non-hydrogen) atoms. The number of amides is 2. The Hall–Kier alpha value is -2.12. The number of methoxy groups -OCH3 is 1. The van der Waals surface area contributed by atoms with Gasteiger partial charge in [-0.15, -0.1) is 0 Å². The van der Waals surface area contributed by atoms with Crippen LogP contribution in [-0.2, 0) is 4.79 Å². The van der Waals surface area contributed by atoms with Gasteiger partial charge < -0.3 is 25.2 Å². The fourth-order valence-electron chi connectivity index (χ4n) is 3.28. The number of nitrogens with zero attached hydrogens (tertiary/aromatic N) is 2. The molecule has 1 atom stereocenters. The second-order valence-electron chi connectivity index (χ2n) is 7.68. The van der Waals surface area contributed by atoms with Crippen molar-refractivity contribution in [3.8, 4) is 5.75 Å². The number of nitrogens with one attached hydrogen (secondary N) is 2. The predicted octanol–water partition coefficient (Wildman–Crippen LogP) is 1.20. The summed E-state index contributed by atoms with van der Waals surface area (Å²) in [6.45, 7) is 9.79. The summed E-state index contributed by atoms with van der Waals surface area (Å²) < 4.78 is 5.24. The van der Waals surface area contributed by atoms with Gasteiger partial charge in [0, 0.05) is 32.7 Å². The Kier molecular flexibility index (Phi) is 8.73. The molecule has 156 valence electrons. The molecule has 2 rings (SSSR count). The molecule has 2 amide bonds. The summed E-state index contributed by atoms with van der Waals surface area (Å²) in [5, 5.41) is 5.83. The molecule has 0 spiro atoms. The first kappa shape index (κ1) is 22.2. The Bertz CT molecular complexity index is 642. The second kappa shape index (κ2) is 11.0. The minimum Gasteiger partial charge on any atom is -0.496 e. The van der Waals surface area contributed by atoms with Crippen LogP contribution in [0.2, 0.25) is 0 Å². The van der Waals surface area contributed by atoms with E-state index in [9.17, 15) is 9.59 Å². The lowest BCUT2D eigenvalue weighted by molar-refractivity contribution is -0.123. The highest BCUT2D eigenvalue weighted by Gasteiger charge is 2.25. The van der Waals surface area contributed by atoms with Crippen LogP contribution in [0.3, 0.4) is 0 Å². The quantitative estimate of drug-likeness (QED) is 0.620. The number of likely N-dealkylation sites (N-methyl/N-ethyl adjacent to an activating group) is 1. The van der Waals surface area contributed by atoms with E-state index >= 15 is 0 Å². The van der Waals surface area contributed by atoms with Crippen LogP contribution >= 0.6 is 0 Å².